The quantitative estimate of drug-likeness (QED) is 0.788. The van der Waals surface area contributed by atoms with Gasteiger partial charge in [-0.15, -0.1) is 0 Å². The van der Waals surface area contributed by atoms with E-state index in [1.54, 1.807) is 12.3 Å². The summed E-state index contributed by atoms with van der Waals surface area (Å²) in [5.74, 6) is 0.770. The number of likely N-dealkylation sites (tertiary alicyclic amines) is 1. The SMILES string of the molecule is CN(C)Cc1ccnc([C@H]2CCCN2C(=O)/C=C/c2ccccc2)n1. The highest BCUT2D eigenvalue weighted by molar-refractivity contribution is 5.92. The molecule has 2 heterocycles. The Morgan fingerprint density at radius 2 is 2.08 bits per heavy atom. The molecule has 130 valence electrons. The minimum absolute atomic E-state index is 0.0213. The van der Waals surface area contributed by atoms with Crippen molar-refractivity contribution in [2.75, 3.05) is 20.6 Å². The molecule has 1 aromatic heterocycles. The van der Waals surface area contributed by atoms with Crippen LogP contribution in [0.25, 0.3) is 6.08 Å². The fourth-order valence-corrected chi connectivity index (χ4v) is 3.11. The van der Waals surface area contributed by atoms with E-state index in [-0.39, 0.29) is 11.9 Å². The first kappa shape index (κ1) is 17.3. The smallest absolute Gasteiger partial charge is 0.247 e. The van der Waals surface area contributed by atoms with Crippen molar-refractivity contribution in [1.29, 1.82) is 0 Å². The molecule has 1 atom stereocenters. The molecule has 5 heteroatoms. The van der Waals surface area contributed by atoms with Crippen LogP contribution < -0.4 is 0 Å². The van der Waals surface area contributed by atoms with Crippen LogP contribution in [0.3, 0.4) is 0 Å². The Balaban J connectivity index is 1.74. The highest BCUT2D eigenvalue weighted by Crippen LogP contribution is 2.30. The van der Waals surface area contributed by atoms with Crippen LogP contribution >= 0.6 is 0 Å². The lowest BCUT2D eigenvalue weighted by molar-refractivity contribution is -0.127. The summed E-state index contributed by atoms with van der Waals surface area (Å²) in [7, 11) is 4.03. The lowest BCUT2D eigenvalue weighted by Gasteiger charge is -2.22. The zero-order chi connectivity index (χ0) is 17.6. The summed E-state index contributed by atoms with van der Waals surface area (Å²) in [5.41, 5.74) is 2.00. The van der Waals surface area contributed by atoms with Crippen LogP contribution in [0.2, 0.25) is 0 Å². The molecule has 1 saturated heterocycles. The van der Waals surface area contributed by atoms with E-state index in [1.165, 1.54) is 0 Å². The second-order valence-electron chi connectivity index (χ2n) is 6.58. The summed E-state index contributed by atoms with van der Waals surface area (Å²) in [4.78, 5) is 25.7. The minimum atomic E-state index is -0.0324. The molecule has 0 bridgehead atoms. The van der Waals surface area contributed by atoms with E-state index in [0.29, 0.717) is 0 Å². The van der Waals surface area contributed by atoms with Gasteiger partial charge in [0, 0.05) is 25.4 Å². The Morgan fingerprint density at radius 3 is 2.84 bits per heavy atom. The number of hydrogen-bond donors (Lipinski definition) is 0. The first-order valence-electron chi connectivity index (χ1n) is 8.64. The van der Waals surface area contributed by atoms with Crippen LogP contribution in [0.4, 0.5) is 0 Å². The standard InChI is InChI=1S/C20H24N4O/c1-23(2)15-17-12-13-21-20(22-17)18-9-6-14-24(18)19(25)11-10-16-7-4-3-5-8-16/h3-5,7-8,10-13,18H,6,9,14-15H2,1-2H3/b11-10+/t18-/m1/s1. The van der Waals surface area contributed by atoms with E-state index in [9.17, 15) is 4.79 Å². The molecular weight excluding hydrogens is 312 g/mol. The van der Waals surface area contributed by atoms with Crippen molar-refractivity contribution < 1.29 is 4.79 Å². The van der Waals surface area contributed by atoms with E-state index in [0.717, 1.165) is 43.0 Å². The van der Waals surface area contributed by atoms with Gasteiger partial charge in [-0.2, -0.15) is 0 Å². The summed E-state index contributed by atoms with van der Waals surface area (Å²) in [5, 5.41) is 0. The average molecular weight is 336 g/mol. The summed E-state index contributed by atoms with van der Waals surface area (Å²) >= 11 is 0. The van der Waals surface area contributed by atoms with Gasteiger partial charge in [0.2, 0.25) is 5.91 Å². The number of benzene rings is 1. The summed E-state index contributed by atoms with van der Waals surface area (Å²) in [6, 6.07) is 11.8. The predicted octanol–water partition coefficient (Wildman–Crippen LogP) is 2.92. The first-order valence-corrected chi connectivity index (χ1v) is 8.64. The molecule has 0 aliphatic carbocycles. The molecule has 1 aliphatic rings. The summed E-state index contributed by atoms with van der Waals surface area (Å²) in [6.45, 7) is 1.52. The maximum atomic E-state index is 12.6. The molecule has 0 saturated carbocycles. The molecule has 0 unspecified atom stereocenters. The van der Waals surface area contributed by atoms with Crippen molar-refractivity contribution >= 4 is 12.0 Å². The third-order valence-electron chi connectivity index (χ3n) is 4.26. The number of carbonyl (C=O) groups is 1. The minimum Gasteiger partial charge on any atom is -0.329 e. The number of nitrogens with zero attached hydrogens (tertiary/aromatic N) is 4. The van der Waals surface area contributed by atoms with Gasteiger partial charge in [-0.25, -0.2) is 9.97 Å². The number of aromatic nitrogens is 2. The van der Waals surface area contributed by atoms with Crippen LogP contribution in [0.5, 0.6) is 0 Å². The maximum absolute atomic E-state index is 12.6. The predicted molar refractivity (Wildman–Crippen MR) is 98.6 cm³/mol. The van der Waals surface area contributed by atoms with Crippen molar-refractivity contribution in [1.82, 2.24) is 19.8 Å². The second-order valence-corrected chi connectivity index (χ2v) is 6.58. The molecule has 2 aromatic rings. The van der Waals surface area contributed by atoms with E-state index < -0.39 is 0 Å². The molecule has 1 aromatic carbocycles. The Kier molecular flexibility index (Phi) is 5.56. The largest absolute Gasteiger partial charge is 0.329 e. The van der Waals surface area contributed by atoms with Crippen molar-refractivity contribution in [3.8, 4) is 0 Å². The average Bonchev–Trinajstić information content (AvgIpc) is 3.10. The van der Waals surface area contributed by atoms with Gasteiger partial charge in [-0.05, 0) is 44.6 Å². The Morgan fingerprint density at radius 1 is 1.28 bits per heavy atom. The molecule has 25 heavy (non-hydrogen) atoms. The highest BCUT2D eigenvalue weighted by Gasteiger charge is 2.30. The van der Waals surface area contributed by atoms with Gasteiger partial charge in [-0.1, -0.05) is 30.3 Å². The highest BCUT2D eigenvalue weighted by atomic mass is 16.2. The molecule has 3 rings (SSSR count). The topological polar surface area (TPSA) is 49.3 Å². The zero-order valence-electron chi connectivity index (χ0n) is 14.8. The van der Waals surface area contributed by atoms with Crippen molar-refractivity contribution in [3.05, 3.63) is 65.8 Å². The maximum Gasteiger partial charge on any atom is 0.247 e. The molecule has 1 fully saturated rings. The number of hydrogen-bond acceptors (Lipinski definition) is 4. The molecule has 5 nitrogen and oxygen atoms in total. The van der Waals surface area contributed by atoms with Crippen LogP contribution in [0, 0.1) is 0 Å². The van der Waals surface area contributed by atoms with E-state index >= 15 is 0 Å². The normalized spacial score (nSPS) is 17.6. The molecule has 1 amide bonds. The Hall–Kier alpha value is -2.53. The lowest BCUT2D eigenvalue weighted by Crippen LogP contribution is -2.30. The van der Waals surface area contributed by atoms with Crippen molar-refractivity contribution in [2.24, 2.45) is 0 Å². The van der Waals surface area contributed by atoms with Crippen LogP contribution in [0.15, 0.2) is 48.7 Å². The van der Waals surface area contributed by atoms with Gasteiger partial charge in [0.25, 0.3) is 0 Å². The van der Waals surface area contributed by atoms with Crippen LogP contribution in [-0.4, -0.2) is 46.3 Å². The monoisotopic (exact) mass is 336 g/mol. The third-order valence-corrected chi connectivity index (χ3v) is 4.26. The Bertz CT molecular complexity index is 742. The Labute approximate surface area is 149 Å². The van der Waals surface area contributed by atoms with Gasteiger partial charge in [-0.3, -0.25) is 4.79 Å². The van der Waals surface area contributed by atoms with Crippen molar-refractivity contribution in [3.63, 3.8) is 0 Å². The third kappa shape index (κ3) is 4.51. The van der Waals surface area contributed by atoms with E-state index in [4.69, 9.17) is 0 Å². The second kappa shape index (κ2) is 8.03. The molecule has 0 spiro atoms. The van der Waals surface area contributed by atoms with Gasteiger partial charge >= 0.3 is 0 Å². The van der Waals surface area contributed by atoms with Crippen LogP contribution in [0.1, 0.15) is 36.0 Å². The molecule has 0 radical (unpaired) electrons. The molecule has 1 aliphatic heterocycles. The first-order chi connectivity index (χ1) is 12.1. The zero-order valence-corrected chi connectivity index (χ0v) is 14.8. The lowest BCUT2D eigenvalue weighted by atomic mass is 10.2. The van der Waals surface area contributed by atoms with E-state index in [1.807, 2.05) is 61.5 Å². The molecule has 0 N–H and O–H groups in total. The number of rotatable bonds is 5. The van der Waals surface area contributed by atoms with Gasteiger partial charge < -0.3 is 9.80 Å². The number of carbonyl (C=O) groups excluding carboxylic acids is 1. The van der Waals surface area contributed by atoms with Gasteiger partial charge in [0.15, 0.2) is 5.82 Å². The van der Waals surface area contributed by atoms with E-state index in [2.05, 4.69) is 14.9 Å². The van der Waals surface area contributed by atoms with Gasteiger partial charge in [0.1, 0.15) is 0 Å². The van der Waals surface area contributed by atoms with Crippen molar-refractivity contribution in [2.45, 2.75) is 25.4 Å². The van der Waals surface area contributed by atoms with Gasteiger partial charge in [0.05, 0.1) is 11.7 Å². The summed E-state index contributed by atoms with van der Waals surface area (Å²) in [6.07, 6.45) is 7.20. The molecular formula is C20H24N4O. The fourth-order valence-electron chi connectivity index (χ4n) is 3.11. The fraction of sp³-hybridized carbons (Fsp3) is 0.350. The van der Waals surface area contributed by atoms with Crippen LogP contribution in [-0.2, 0) is 11.3 Å². The number of amides is 1. The summed E-state index contributed by atoms with van der Waals surface area (Å²) < 4.78 is 0.